The fraction of sp³-hybridized carbons (Fsp3) is 0.279. The van der Waals surface area contributed by atoms with E-state index in [-0.39, 0.29) is 42.9 Å². The summed E-state index contributed by atoms with van der Waals surface area (Å²) in [7, 11) is 62.2. The summed E-state index contributed by atoms with van der Waals surface area (Å²) in [6, 6.07) is 45.1. The molecule has 4 saturated heterocycles. The zero-order valence-electron chi connectivity index (χ0n) is 53.9. The van der Waals surface area contributed by atoms with E-state index in [2.05, 4.69) is 19.9 Å². The van der Waals surface area contributed by atoms with Crippen molar-refractivity contribution in [2.45, 2.75) is 85.9 Å². The maximum absolute atomic E-state index is 11.1. The molecule has 0 aliphatic carbocycles. The van der Waals surface area contributed by atoms with Gasteiger partial charge in [-0.25, -0.2) is 0 Å². The van der Waals surface area contributed by atoms with Gasteiger partial charge < -0.3 is 89.2 Å². The van der Waals surface area contributed by atoms with Crippen LogP contribution in [0.5, 0.6) is 23.0 Å². The third kappa shape index (κ3) is 14.8. The van der Waals surface area contributed by atoms with Crippen LogP contribution in [0.4, 0.5) is 0 Å². The molecule has 12 atom stereocenters. The second kappa shape index (κ2) is 29.9. The molecule has 20 radical (unpaired) electrons. The lowest BCUT2D eigenvalue weighted by Gasteiger charge is -2.39. The van der Waals surface area contributed by atoms with Crippen LogP contribution in [0, 0.1) is 0 Å². The van der Waals surface area contributed by atoms with Gasteiger partial charge in [0.1, 0.15) is 78.4 Å². The van der Waals surface area contributed by atoms with Gasteiger partial charge in [-0.3, -0.25) is 0 Å². The number of aromatic nitrogens is 4. The monoisotopic (exact) mass is 1290 g/mol. The summed E-state index contributed by atoms with van der Waals surface area (Å²) < 4.78 is 37.4. The Balaban J connectivity index is 0.982. The van der Waals surface area contributed by atoms with E-state index in [1.165, 1.54) is 0 Å². The predicted molar refractivity (Wildman–Crippen MR) is 401 cm³/mol. The Bertz CT molecular complexity index is 4450. The highest BCUT2D eigenvalue weighted by atomic mass is 16.7. The number of hydrogen-bond donors (Lipinski definition) is 12. The molecule has 5 aliphatic heterocycles. The molecule has 99 heavy (non-hydrogen) atoms. The fourth-order valence-electron chi connectivity index (χ4n) is 14.3. The van der Waals surface area contributed by atoms with Crippen LogP contribution in [0.3, 0.4) is 0 Å². The topological polar surface area (TPSA) is 280 Å². The Morgan fingerprint density at radius 2 is 0.747 bits per heavy atom. The van der Waals surface area contributed by atoms with E-state index in [9.17, 15) is 40.9 Å². The van der Waals surface area contributed by atoms with E-state index in [0.29, 0.717) is 96.4 Å². The summed E-state index contributed by atoms with van der Waals surface area (Å²) in [6.45, 7) is -1.02. The van der Waals surface area contributed by atoms with E-state index in [4.69, 9.17) is 106 Å². The molecule has 4 aromatic carbocycles. The van der Waals surface area contributed by atoms with Crippen LogP contribution in [0.1, 0.15) is 45.0 Å². The summed E-state index contributed by atoms with van der Waals surface area (Å²) in [6.07, 6.45) is -19.1. The minimum Gasteiger partial charge on any atom is -0.500 e. The minimum atomic E-state index is -1.68. The van der Waals surface area contributed by atoms with Crippen molar-refractivity contribution in [1.82, 2.24) is 19.9 Å². The van der Waals surface area contributed by atoms with Gasteiger partial charge in [0.05, 0.1) is 32.4 Å². The minimum absolute atomic E-state index is 0.0486. The van der Waals surface area contributed by atoms with Gasteiger partial charge in [-0.1, -0.05) is 54.9 Å². The van der Waals surface area contributed by atoms with Crippen LogP contribution in [0.2, 0.25) is 18.5 Å². The number of aliphatic hydroxyl groups is 8. The van der Waals surface area contributed by atoms with E-state index in [1.54, 1.807) is 36.4 Å². The van der Waals surface area contributed by atoms with Gasteiger partial charge in [-0.2, -0.15) is 0 Å². The summed E-state index contributed by atoms with van der Waals surface area (Å²) in [5.74, 6) is 1.68. The first kappa shape index (κ1) is 71.0. The molecule has 8 bridgehead atoms. The molecular formula is C61H58B20N4O14. The molecule has 4 fully saturated rings. The van der Waals surface area contributed by atoms with Crippen molar-refractivity contribution in [1.29, 1.82) is 0 Å². The highest BCUT2D eigenvalue weighted by Crippen LogP contribution is 2.41. The number of fused-ring (bicyclic) bond motifs is 8. The Labute approximate surface area is 590 Å². The first-order valence-electron chi connectivity index (χ1n) is 33.1. The fourth-order valence-corrected chi connectivity index (χ4v) is 14.3. The summed E-state index contributed by atoms with van der Waals surface area (Å²) in [5.41, 5.74) is 8.15. The number of H-pyrrole nitrogens is 4. The van der Waals surface area contributed by atoms with Crippen LogP contribution in [0.25, 0.3) is 22.3 Å². The van der Waals surface area contributed by atoms with Crippen LogP contribution >= 0.6 is 0 Å². The largest absolute Gasteiger partial charge is 0.500 e. The van der Waals surface area contributed by atoms with E-state index in [1.807, 2.05) is 109 Å². The molecule has 0 spiro atoms. The van der Waals surface area contributed by atoms with Crippen LogP contribution in [-0.2, 0) is 9.47 Å². The normalized spacial score (nSPS) is 24.0. The second-order valence-corrected chi connectivity index (χ2v) is 26.5. The zero-order chi connectivity index (χ0) is 69.8. The quantitative estimate of drug-likeness (QED) is 0.0266. The van der Waals surface area contributed by atoms with Crippen LogP contribution in [0.15, 0.2) is 146 Å². The smallest absolute Gasteiger partial charge is 0.229 e. The van der Waals surface area contributed by atoms with Gasteiger partial charge in [0, 0.05) is 195 Å². The van der Waals surface area contributed by atoms with Crippen molar-refractivity contribution in [2.24, 2.45) is 0 Å². The molecule has 0 amide bonds. The number of aliphatic hydroxyl groups excluding tert-OH is 8. The summed E-state index contributed by atoms with van der Waals surface area (Å²) in [4.78, 5) is 15.1. The highest BCUT2D eigenvalue weighted by molar-refractivity contribution is 8.01. The molecule has 8 aromatic rings. The standard InChI is InChI=1S/C61H58B20N4O14/c62-74(63)78(70)80(76(66)67)72-25-34(72)29-94-35-9-1-5-30(21-35)50-39-13-15-43(82-39)52(32-7-3-11-37(23-32)96-60-58(92)56(90)54(88)47(27-86)98-60)45-19-17-41(84-45)51(31-6-2-10-36(22-31)95-49-26-73(49)81(77(68)69)79(71)75(64)65)42-18-20-46(85-42)53(44-16-14-40(50)83-44)33-8-4-12-38(24-33)97-61-59(93)57(91)55(89)48(28-87)99-61/h1-24,34,47-49,54-61,82-93H,25-29H2. The molecule has 13 rings (SSSR count). The Hall–Kier alpha value is -6.42. The number of ether oxygens (including phenoxy) is 6. The number of nitrogens with one attached hydrogen (secondary N) is 4. The third-order valence-corrected chi connectivity index (χ3v) is 19.8. The first-order valence-corrected chi connectivity index (χ1v) is 33.1. The highest BCUT2D eigenvalue weighted by Gasteiger charge is 2.53. The maximum atomic E-state index is 11.1. The Morgan fingerprint density at radius 1 is 0.394 bits per heavy atom. The molecule has 0 saturated carbocycles. The van der Waals surface area contributed by atoms with Crippen molar-refractivity contribution in [3.05, 3.63) is 212 Å². The van der Waals surface area contributed by atoms with Gasteiger partial charge >= 0.3 is 0 Å². The number of benzene rings is 4. The van der Waals surface area contributed by atoms with Crippen molar-refractivity contribution < 1.29 is 69.3 Å². The third-order valence-electron chi connectivity index (χ3n) is 19.8. The Kier molecular flexibility index (Phi) is 21.4. The van der Waals surface area contributed by atoms with Gasteiger partial charge in [-0.05, 0) is 131 Å². The molecule has 12 unspecified atom stereocenters. The second-order valence-electron chi connectivity index (χ2n) is 26.5. The van der Waals surface area contributed by atoms with Gasteiger partial charge in [0.2, 0.25) is 12.6 Å². The average Bonchev–Trinajstić information content (AvgIpc) is 1.68. The van der Waals surface area contributed by atoms with E-state index in [0.717, 1.165) is 23.0 Å². The lowest BCUT2D eigenvalue weighted by atomic mass is 8.57. The predicted octanol–water partition coefficient (Wildman–Crippen LogP) is -6.05. The Morgan fingerprint density at radius 3 is 1.11 bits per heavy atom. The van der Waals surface area contributed by atoms with Gasteiger partial charge in [-0.15, -0.1) is 0 Å². The molecule has 18 nitrogen and oxygen atoms in total. The van der Waals surface area contributed by atoms with Crippen LogP contribution in [-0.4, -0.2) is 290 Å². The molecular weight excluding hydrogens is 1230 g/mol. The van der Waals surface area contributed by atoms with E-state index < -0.39 is 119 Å². The molecule has 12 N–H and O–H groups in total. The van der Waals surface area contributed by atoms with Crippen molar-refractivity contribution in [2.75, 3.05) is 19.8 Å². The number of hydrogen-bond acceptors (Lipinski definition) is 14. The zero-order valence-corrected chi connectivity index (χ0v) is 53.9. The molecule has 5 aliphatic rings. The molecule has 9 heterocycles. The molecule has 466 valence electrons. The van der Waals surface area contributed by atoms with Crippen LogP contribution < -0.4 is 40.3 Å². The summed E-state index contributed by atoms with van der Waals surface area (Å²) >= 11 is 0. The van der Waals surface area contributed by atoms with Crippen molar-refractivity contribution >= 4 is 164 Å². The average molecular weight is 1290 g/mol. The number of aromatic amines is 4. The van der Waals surface area contributed by atoms with Gasteiger partial charge in [0.15, 0.2) is 0 Å². The van der Waals surface area contributed by atoms with Crippen molar-refractivity contribution in [3.8, 4) is 23.0 Å². The first-order chi connectivity index (χ1) is 47.6. The lowest BCUT2D eigenvalue weighted by Crippen LogP contribution is -2.64. The van der Waals surface area contributed by atoms with E-state index >= 15 is 0 Å². The molecule has 38 heteroatoms. The number of rotatable bonds is 23. The van der Waals surface area contributed by atoms with Gasteiger partial charge in [0.25, 0.3) is 0 Å². The molecule has 4 aromatic heterocycles. The lowest BCUT2D eigenvalue weighted by molar-refractivity contribution is -0.277. The SMILES string of the molecule is [B]B([B])B([B])B(B([B])[B])B1CC1COc1cccc(C2=c3ccc([nH]3)=C(c3cccc(OC4OC(CO)C(O)C(O)C4O)c3)c3ccc([nH]3)C(c3cccc(OC4CB4B(B([B])[B])B([B])B([B])[B])c3)=c3ccc([nH]3)=C(c3cccc(OC4OC(CO)C(O)C(O)C4O)c3)c3ccc2[nH]3)c1. The summed E-state index contributed by atoms with van der Waals surface area (Å²) in [5, 5.41) is 87.7. The van der Waals surface area contributed by atoms with Crippen molar-refractivity contribution in [3.63, 3.8) is 0 Å². The maximum Gasteiger partial charge on any atom is 0.229 e.